The van der Waals surface area contributed by atoms with E-state index in [1.54, 1.807) is 0 Å². The molecule has 4 N–H and O–H groups in total. The number of hydrogen-bond acceptors (Lipinski definition) is 6. The van der Waals surface area contributed by atoms with E-state index in [4.69, 9.17) is 20.1 Å². The van der Waals surface area contributed by atoms with Crippen LogP contribution < -0.4 is 0 Å². The minimum atomic E-state index is -1.46. The van der Waals surface area contributed by atoms with E-state index < -0.39 is 30.7 Å². The third kappa shape index (κ3) is 1.73. The molecule has 5 nitrogen and oxygen atoms in total. The lowest BCUT2D eigenvalue weighted by Crippen LogP contribution is -2.57. The summed E-state index contributed by atoms with van der Waals surface area (Å²) in [5.41, 5.74) is 0. The van der Waals surface area contributed by atoms with Gasteiger partial charge in [-0.05, 0) is 0 Å². The van der Waals surface area contributed by atoms with E-state index in [2.05, 4.69) is 12.6 Å². The predicted octanol–water partition coefficient (Wildman–Crippen LogP) is -2.28. The van der Waals surface area contributed by atoms with Crippen LogP contribution in [-0.4, -0.2) is 56.9 Å². The Labute approximate surface area is 75.0 Å². The van der Waals surface area contributed by atoms with Gasteiger partial charge in [0.05, 0.1) is 6.10 Å². The third-order valence-corrected chi connectivity index (χ3v) is 2.23. The van der Waals surface area contributed by atoms with Crippen molar-refractivity contribution in [3.8, 4) is 0 Å². The first-order valence-electron chi connectivity index (χ1n) is 3.56. The van der Waals surface area contributed by atoms with Crippen LogP contribution in [0.2, 0.25) is 0 Å². The summed E-state index contributed by atoms with van der Waals surface area (Å²) in [6, 6.07) is 0. The quantitative estimate of drug-likeness (QED) is 0.305. The predicted molar refractivity (Wildman–Crippen MR) is 42.8 cm³/mol. The van der Waals surface area contributed by atoms with Gasteiger partial charge in [0.25, 0.3) is 0 Å². The summed E-state index contributed by atoms with van der Waals surface area (Å²) in [6.07, 6.45) is -6.26. The molecule has 1 fully saturated rings. The van der Waals surface area contributed by atoms with Gasteiger partial charge in [0, 0.05) is 5.75 Å². The van der Waals surface area contributed by atoms with Crippen LogP contribution >= 0.6 is 12.6 Å². The van der Waals surface area contributed by atoms with E-state index in [0.717, 1.165) is 0 Å². The Morgan fingerprint density at radius 2 is 1.58 bits per heavy atom. The molecule has 0 saturated carbocycles. The Kier molecular flexibility index (Phi) is 3.33. The van der Waals surface area contributed by atoms with E-state index in [9.17, 15) is 5.11 Å². The van der Waals surface area contributed by atoms with Crippen molar-refractivity contribution < 1.29 is 25.2 Å². The molecule has 0 bridgehead atoms. The Balaban J connectivity index is 2.63. The van der Waals surface area contributed by atoms with Gasteiger partial charge < -0.3 is 25.2 Å². The smallest absolute Gasteiger partial charge is 0.183 e. The Morgan fingerprint density at radius 3 is 2.08 bits per heavy atom. The lowest BCUT2D eigenvalue weighted by atomic mass is 10.0. The highest BCUT2D eigenvalue weighted by Crippen LogP contribution is 2.20. The zero-order chi connectivity index (χ0) is 9.30. The normalized spacial score (nSPS) is 49.2. The van der Waals surface area contributed by atoms with Crippen LogP contribution in [0.1, 0.15) is 0 Å². The molecule has 1 aliphatic heterocycles. The summed E-state index contributed by atoms with van der Waals surface area (Å²) in [6.45, 7) is 0. The Hall–Kier alpha value is 0.150. The highest BCUT2D eigenvalue weighted by molar-refractivity contribution is 7.80. The molecule has 1 aliphatic rings. The van der Waals surface area contributed by atoms with E-state index in [1.165, 1.54) is 0 Å². The molecule has 0 aliphatic carbocycles. The molecule has 0 amide bonds. The number of aliphatic hydroxyl groups excluding tert-OH is 4. The molecule has 0 aromatic heterocycles. The molecule has 0 spiro atoms. The molecule has 72 valence electrons. The van der Waals surface area contributed by atoms with Crippen molar-refractivity contribution in [1.82, 2.24) is 0 Å². The van der Waals surface area contributed by atoms with Crippen molar-refractivity contribution in [1.29, 1.82) is 0 Å². The fraction of sp³-hybridized carbons (Fsp3) is 1.00. The molecule has 0 aromatic rings. The Bertz CT molecular complexity index is 150. The first-order valence-corrected chi connectivity index (χ1v) is 4.19. The fourth-order valence-electron chi connectivity index (χ4n) is 1.08. The average Bonchev–Trinajstić information content (AvgIpc) is 2.08. The van der Waals surface area contributed by atoms with Gasteiger partial charge in [-0.25, -0.2) is 0 Å². The maximum atomic E-state index is 9.23. The van der Waals surface area contributed by atoms with Crippen LogP contribution in [0.3, 0.4) is 0 Å². The lowest BCUT2D eigenvalue weighted by Gasteiger charge is -2.37. The average molecular weight is 196 g/mol. The molecule has 0 aromatic carbocycles. The van der Waals surface area contributed by atoms with E-state index in [1.807, 2.05) is 0 Å². The van der Waals surface area contributed by atoms with Gasteiger partial charge in [0.1, 0.15) is 18.3 Å². The summed E-state index contributed by atoms with van der Waals surface area (Å²) < 4.78 is 4.75. The topological polar surface area (TPSA) is 90.2 Å². The van der Waals surface area contributed by atoms with Crippen LogP contribution in [0.4, 0.5) is 0 Å². The molecular formula is C6H12O5S. The monoisotopic (exact) mass is 196 g/mol. The molecule has 0 radical (unpaired) electrons. The third-order valence-electron chi connectivity index (χ3n) is 1.87. The molecule has 1 saturated heterocycles. The minimum Gasteiger partial charge on any atom is -0.388 e. The first kappa shape index (κ1) is 10.2. The van der Waals surface area contributed by atoms with E-state index in [0.29, 0.717) is 0 Å². The minimum absolute atomic E-state index is 0.169. The van der Waals surface area contributed by atoms with Crippen LogP contribution in [0, 0.1) is 0 Å². The number of hydrogen-bond donors (Lipinski definition) is 5. The van der Waals surface area contributed by atoms with Gasteiger partial charge in [-0.15, -0.1) is 0 Å². The standard InChI is InChI=1S/C6H12O5S/c7-3-2(1-12)11-6(10)5(9)4(3)8/h2-10,12H,1H2/t2?,3-,4?,5-,6+/m0/s1. The van der Waals surface area contributed by atoms with Crippen LogP contribution in [0.15, 0.2) is 0 Å². The van der Waals surface area contributed by atoms with E-state index >= 15 is 0 Å². The Morgan fingerprint density at radius 1 is 1.00 bits per heavy atom. The van der Waals surface area contributed by atoms with Crippen molar-refractivity contribution in [2.45, 2.75) is 30.7 Å². The summed E-state index contributed by atoms with van der Waals surface area (Å²) in [5.74, 6) is 0.169. The molecule has 1 rings (SSSR count). The SMILES string of the molecule is OC1[C@@H](O)C(CS)O[C@@H](O)[C@H]1O. The first-order chi connectivity index (χ1) is 5.57. The molecular weight excluding hydrogens is 184 g/mol. The molecule has 2 unspecified atom stereocenters. The van der Waals surface area contributed by atoms with Gasteiger partial charge in [-0.3, -0.25) is 0 Å². The summed E-state index contributed by atoms with van der Waals surface area (Å²) in [4.78, 5) is 0. The van der Waals surface area contributed by atoms with Gasteiger partial charge in [0.15, 0.2) is 6.29 Å². The summed E-state index contributed by atoms with van der Waals surface area (Å²) in [5, 5.41) is 36.4. The number of ether oxygens (including phenoxy) is 1. The maximum absolute atomic E-state index is 9.23. The fourth-order valence-corrected chi connectivity index (χ4v) is 1.38. The second-order valence-corrected chi connectivity index (χ2v) is 3.08. The molecule has 6 heteroatoms. The summed E-state index contributed by atoms with van der Waals surface area (Å²) in [7, 11) is 0. The number of thiol groups is 1. The number of rotatable bonds is 1. The van der Waals surface area contributed by atoms with Gasteiger partial charge in [0.2, 0.25) is 0 Å². The molecule has 1 heterocycles. The second kappa shape index (κ2) is 3.91. The highest BCUT2D eigenvalue weighted by Gasteiger charge is 2.42. The molecule has 5 atom stereocenters. The van der Waals surface area contributed by atoms with Crippen molar-refractivity contribution >= 4 is 12.6 Å². The number of aliphatic hydroxyl groups is 4. The van der Waals surface area contributed by atoms with Crippen molar-refractivity contribution in [2.24, 2.45) is 0 Å². The van der Waals surface area contributed by atoms with Crippen molar-refractivity contribution in [3.05, 3.63) is 0 Å². The van der Waals surface area contributed by atoms with Crippen LogP contribution in [-0.2, 0) is 4.74 Å². The van der Waals surface area contributed by atoms with E-state index in [-0.39, 0.29) is 5.75 Å². The van der Waals surface area contributed by atoms with Crippen LogP contribution in [0.25, 0.3) is 0 Å². The van der Waals surface area contributed by atoms with Crippen LogP contribution in [0.5, 0.6) is 0 Å². The highest BCUT2D eigenvalue weighted by atomic mass is 32.1. The zero-order valence-electron chi connectivity index (χ0n) is 6.24. The van der Waals surface area contributed by atoms with Crippen molar-refractivity contribution in [2.75, 3.05) is 5.75 Å². The van der Waals surface area contributed by atoms with Gasteiger partial charge in [-0.1, -0.05) is 0 Å². The zero-order valence-corrected chi connectivity index (χ0v) is 7.13. The lowest BCUT2D eigenvalue weighted by molar-refractivity contribution is -0.276. The van der Waals surface area contributed by atoms with Crippen molar-refractivity contribution in [3.63, 3.8) is 0 Å². The summed E-state index contributed by atoms with van der Waals surface area (Å²) >= 11 is 3.84. The largest absolute Gasteiger partial charge is 0.388 e. The van der Waals surface area contributed by atoms with Gasteiger partial charge in [-0.2, -0.15) is 12.6 Å². The maximum Gasteiger partial charge on any atom is 0.183 e. The second-order valence-electron chi connectivity index (χ2n) is 2.72. The molecule has 12 heavy (non-hydrogen) atoms. The van der Waals surface area contributed by atoms with Gasteiger partial charge >= 0.3 is 0 Å².